The number of esters is 3. The molecule has 3 fully saturated rings. The standard InChI is InChI=1S/C27H38O6/c1-17(28)32-20(19-15-23(29)31-16-19)9-7-18-8-10-22-26(4)13-6-12-25(2,3)21(26)11-14-27(22,5)33-24(18)30/h7,15,20-22H,6,8-14,16H2,1-5H3/b18-7-/t20?,21?,22?,26-,27+/m0/s1. The van der Waals surface area contributed by atoms with Crippen molar-refractivity contribution in [2.24, 2.45) is 22.7 Å². The number of carbonyl (C=O) groups excluding carboxylic acids is 3. The van der Waals surface area contributed by atoms with E-state index in [0.29, 0.717) is 41.2 Å². The Hall–Kier alpha value is -2.11. The van der Waals surface area contributed by atoms with Crippen molar-refractivity contribution in [2.45, 2.75) is 97.7 Å². The normalized spacial score (nSPS) is 37.7. The third kappa shape index (κ3) is 4.50. The first kappa shape index (κ1) is 24.0. The zero-order chi connectivity index (χ0) is 24.0. The molecule has 2 heterocycles. The molecule has 0 aromatic carbocycles. The van der Waals surface area contributed by atoms with Crippen LogP contribution in [-0.4, -0.2) is 36.2 Å². The predicted octanol–water partition coefficient (Wildman–Crippen LogP) is 5.06. The van der Waals surface area contributed by atoms with E-state index in [2.05, 4.69) is 27.7 Å². The van der Waals surface area contributed by atoms with Crippen molar-refractivity contribution in [3.05, 3.63) is 23.3 Å². The molecule has 6 nitrogen and oxygen atoms in total. The van der Waals surface area contributed by atoms with Crippen LogP contribution in [0.2, 0.25) is 0 Å². The van der Waals surface area contributed by atoms with E-state index in [9.17, 15) is 14.4 Å². The Balaban J connectivity index is 1.56. The highest BCUT2D eigenvalue weighted by Crippen LogP contribution is 2.64. The molecule has 0 aromatic heterocycles. The molecule has 0 spiro atoms. The van der Waals surface area contributed by atoms with Gasteiger partial charge in [-0.05, 0) is 62.2 Å². The summed E-state index contributed by atoms with van der Waals surface area (Å²) in [5, 5.41) is 0. The van der Waals surface area contributed by atoms with Crippen LogP contribution in [0.25, 0.3) is 0 Å². The van der Waals surface area contributed by atoms with Gasteiger partial charge in [-0.25, -0.2) is 9.59 Å². The summed E-state index contributed by atoms with van der Waals surface area (Å²) < 4.78 is 16.7. The largest absolute Gasteiger partial charge is 0.458 e. The lowest BCUT2D eigenvalue weighted by atomic mass is 9.45. The Bertz CT molecular complexity index is 898. The van der Waals surface area contributed by atoms with Gasteiger partial charge in [-0.1, -0.05) is 33.3 Å². The second-order valence-electron chi connectivity index (χ2n) is 11.6. The molecule has 33 heavy (non-hydrogen) atoms. The van der Waals surface area contributed by atoms with Gasteiger partial charge in [0, 0.05) is 36.5 Å². The third-order valence-corrected chi connectivity index (χ3v) is 9.01. The van der Waals surface area contributed by atoms with Gasteiger partial charge < -0.3 is 14.2 Å². The van der Waals surface area contributed by atoms with Crippen molar-refractivity contribution in [1.29, 1.82) is 0 Å². The van der Waals surface area contributed by atoms with E-state index in [-0.39, 0.29) is 18.0 Å². The smallest absolute Gasteiger partial charge is 0.334 e. The van der Waals surface area contributed by atoms with E-state index in [1.165, 1.54) is 32.3 Å². The molecule has 6 heteroatoms. The van der Waals surface area contributed by atoms with Gasteiger partial charge in [0.1, 0.15) is 18.3 Å². The Labute approximate surface area is 197 Å². The zero-order valence-electron chi connectivity index (χ0n) is 20.7. The molecule has 0 radical (unpaired) electrons. The zero-order valence-corrected chi connectivity index (χ0v) is 20.7. The molecule has 0 bridgehead atoms. The average Bonchev–Trinajstić information content (AvgIpc) is 3.07. The maximum absolute atomic E-state index is 13.2. The molecular formula is C27H38O6. The van der Waals surface area contributed by atoms with Crippen LogP contribution in [-0.2, 0) is 28.6 Å². The quantitative estimate of drug-likeness (QED) is 0.333. The average molecular weight is 459 g/mol. The number of ether oxygens (including phenoxy) is 3. The summed E-state index contributed by atoms with van der Waals surface area (Å²) in [7, 11) is 0. The fraction of sp³-hybridized carbons (Fsp3) is 0.741. The Morgan fingerprint density at radius 3 is 2.58 bits per heavy atom. The number of hydrogen-bond acceptors (Lipinski definition) is 6. The van der Waals surface area contributed by atoms with Gasteiger partial charge in [-0.2, -0.15) is 0 Å². The molecule has 2 aliphatic heterocycles. The van der Waals surface area contributed by atoms with Crippen LogP contribution in [0.3, 0.4) is 0 Å². The van der Waals surface area contributed by atoms with Gasteiger partial charge in [0.05, 0.1) is 0 Å². The highest BCUT2D eigenvalue weighted by Gasteiger charge is 2.60. The molecule has 182 valence electrons. The van der Waals surface area contributed by atoms with Crippen molar-refractivity contribution < 1.29 is 28.6 Å². The Morgan fingerprint density at radius 2 is 1.91 bits per heavy atom. The van der Waals surface area contributed by atoms with Crippen LogP contribution in [0.4, 0.5) is 0 Å². The molecular weight excluding hydrogens is 420 g/mol. The van der Waals surface area contributed by atoms with Gasteiger partial charge in [0.2, 0.25) is 0 Å². The molecule has 0 aromatic rings. The number of hydrogen-bond donors (Lipinski definition) is 0. The van der Waals surface area contributed by atoms with Gasteiger partial charge >= 0.3 is 17.9 Å². The first-order valence-corrected chi connectivity index (χ1v) is 12.4. The number of fused-ring (bicyclic) bond motifs is 3. The maximum Gasteiger partial charge on any atom is 0.334 e. The van der Waals surface area contributed by atoms with Gasteiger partial charge in [-0.3, -0.25) is 4.79 Å². The topological polar surface area (TPSA) is 78.9 Å². The molecule has 4 rings (SSSR count). The lowest BCUT2D eigenvalue weighted by Gasteiger charge is -2.61. The molecule has 0 N–H and O–H groups in total. The highest BCUT2D eigenvalue weighted by atomic mass is 16.6. The molecule has 2 aliphatic carbocycles. The first-order valence-electron chi connectivity index (χ1n) is 12.4. The van der Waals surface area contributed by atoms with Crippen LogP contribution in [0.15, 0.2) is 23.3 Å². The monoisotopic (exact) mass is 458 g/mol. The SMILES string of the molecule is CC(=O)OC(C/C=C1/CCC2[C@@]3(C)CCCC(C)(C)C3CC[C@@]2(C)OC1=O)C1=CC(=O)OC1. The summed E-state index contributed by atoms with van der Waals surface area (Å²) in [4.78, 5) is 36.3. The Kier molecular flexibility index (Phi) is 6.25. The van der Waals surface area contributed by atoms with E-state index in [1.54, 1.807) is 0 Å². The van der Waals surface area contributed by atoms with Crippen molar-refractivity contribution in [2.75, 3.05) is 6.61 Å². The molecule has 0 amide bonds. The summed E-state index contributed by atoms with van der Waals surface area (Å²) in [6.07, 6.45) is 10.2. The molecule has 2 saturated carbocycles. The minimum absolute atomic E-state index is 0.111. The van der Waals surface area contributed by atoms with Crippen molar-refractivity contribution in [3.8, 4) is 0 Å². The van der Waals surface area contributed by atoms with Gasteiger partial charge in [0.25, 0.3) is 0 Å². The second kappa shape index (κ2) is 8.59. The predicted molar refractivity (Wildman–Crippen MR) is 123 cm³/mol. The van der Waals surface area contributed by atoms with E-state index in [0.717, 1.165) is 19.3 Å². The Morgan fingerprint density at radius 1 is 1.15 bits per heavy atom. The van der Waals surface area contributed by atoms with Crippen molar-refractivity contribution in [3.63, 3.8) is 0 Å². The van der Waals surface area contributed by atoms with Gasteiger partial charge in [-0.15, -0.1) is 0 Å². The fourth-order valence-corrected chi connectivity index (χ4v) is 7.53. The minimum Gasteiger partial charge on any atom is -0.458 e. The van der Waals surface area contributed by atoms with Crippen molar-refractivity contribution in [1.82, 2.24) is 0 Å². The van der Waals surface area contributed by atoms with Crippen LogP contribution >= 0.6 is 0 Å². The fourth-order valence-electron chi connectivity index (χ4n) is 7.53. The number of rotatable bonds is 4. The van der Waals surface area contributed by atoms with Crippen LogP contribution < -0.4 is 0 Å². The first-order chi connectivity index (χ1) is 15.4. The lowest BCUT2D eigenvalue weighted by Crippen LogP contribution is -2.58. The molecule has 4 aliphatic rings. The highest BCUT2D eigenvalue weighted by molar-refractivity contribution is 5.89. The molecule has 5 atom stereocenters. The number of cyclic esters (lactones) is 1. The summed E-state index contributed by atoms with van der Waals surface area (Å²) >= 11 is 0. The molecule has 1 saturated heterocycles. The summed E-state index contributed by atoms with van der Waals surface area (Å²) in [5.74, 6) is -0.156. The van der Waals surface area contributed by atoms with Crippen LogP contribution in [0.1, 0.15) is 86.0 Å². The van der Waals surface area contributed by atoms with E-state index >= 15 is 0 Å². The van der Waals surface area contributed by atoms with Crippen LogP contribution in [0.5, 0.6) is 0 Å². The second-order valence-corrected chi connectivity index (χ2v) is 11.6. The summed E-state index contributed by atoms with van der Waals surface area (Å²) in [5.41, 5.74) is 1.29. The maximum atomic E-state index is 13.2. The van der Waals surface area contributed by atoms with E-state index < -0.39 is 23.6 Å². The van der Waals surface area contributed by atoms with Crippen LogP contribution in [0, 0.1) is 22.7 Å². The summed E-state index contributed by atoms with van der Waals surface area (Å²) in [6.45, 7) is 10.8. The van der Waals surface area contributed by atoms with Gasteiger partial charge in [0.15, 0.2) is 0 Å². The summed E-state index contributed by atoms with van der Waals surface area (Å²) in [6, 6.07) is 0. The lowest BCUT2D eigenvalue weighted by molar-refractivity contribution is -0.193. The van der Waals surface area contributed by atoms with E-state index in [4.69, 9.17) is 14.2 Å². The van der Waals surface area contributed by atoms with Crippen molar-refractivity contribution >= 4 is 17.9 Å². The minimum atomic E-state index is -0.614. The third-order valence-electron chi connectivity index (χ3n) is 9.01. The molecule has 3 unspecified atom stereocenters. The van der Waals surface area contributed by atoms with E-state index in [1.807, 2.05) is 6.08 Å². The number of carbonyl (C=O) groups is 3.